The molecule has 0 saturated carbocycles. The Morgan fingerprint density at radius 2 is 1.94 bits per heavy atom. The fraction of sp³-hybridized carbons (Fsp3) is 0.345. The molecule has 1 aliphatic carbocycles. The zero-order chi connectivity index (χ0) is 24.0. The van der Waals surface area contributed by atoms with Crippen molar-refractivity contribution in [1.29, 1.82) is 0 Å². The maximum atomic E-state index is 13.1. The topological polar surface area (TPSA) is 48.0 Å². The highest BCUT2D eigenvalue weighted by atomic mass is 32.1. The first-order valence-electron chi connectivity index (χ1n) is 12.2. The molecule has 1 aliphatic heterocycles. The first-order valence-corrected chi connectivity index (χ1v) is 13.1. The molecule has 2 aliphatic rings. The number of ether oxygens (including phenoxy) is 3. The summed E-state index contributed by atoms with van der Waals surface area (Å²) >= 11 is 1.62. The van der Waals surface area contributed by atoms with E-state index in [1.165, 1.54) is 11.1 Å². The summed E-state index contributed by atoms with van der Waals surface area (Å²) in [6.45, 7) is 1.83. The number of carbonyl (C=O) groups excluding carboxylic acids is 1. The second kappa shape index (κ2) is 11.1. The Morgan fingerprint density at radius 3 is 2.63 bits per heavy atom. The molecule has 35 heavy (non-hydrogen) atoms. The minimum absolute atomic E-state index is 0.0167. The summed E-state index contributed by atoms with van der Waals surface area (Å²) < 4.78 is 17.8. The average Bonchev–Trinajstić information content (AvgIpc) is 3.65. The lowest BCUT2D eigenvalue weighted by Crippen LogP contribution is -2.35. The number of thiophene rings is 1. The molecule has 1 saturated heterocycles. The second-order valence-corrected chi connectivity index (χ2v) is 10.1. The van der Waals surface area contributed by atoms with Crippen LogP contribution < -0.4 is 9.47 Å². The normalized spacial score (nSPS) is 17.6. The van der Waals surface area contributed by atoms with E-state index in [2.05, 4.69) is 24.3 Å². The average molecular weight is 490 g/mol. The minimum Gasteiger partial charge on any atom is -0.493 e. The van der Waals surface area contributed by atoms with Gasteiger partial charge in [-0.3, -0.25) is 4.79 Å². The number of benzene rings is 2. The Labute approximate surface area is 210 Å². The SMILES string of the molecule is COc1cc(CN(C[C@H]2CCCO2)C(=O)/C=C/c2cccs2)ccc1OC1Cc2ccccc2C1. The van der Waals surface area contributed by atoms with Gasteiger partial charge in [0.1, 0.15) is 6.10 Å². The number of amides is 1. The van der Waals surface area contributed by atoms with Gasteiger partial charge in [-0.15, -0.1) is 11.3 Å². The van der Waals surface area contributed by atoms with Crippen LogP contribution in [-0.2, 0) is 28.9 Å². The Morgan fingerprint density at radius 1 is 1.11 bits per heavy atom. The molecule has 0 spiro atoms. The van der Waals surface area contributed by atoms with Gasteiger partial charge in [-0.1, -0.05) is 36.4 Å². The lowest BCUT2D eigenvalue weighted by atomic mass is 10.1. The molecule has 0 N–H and O–H groups in total. The van der Waals surface area contributed by atoms with Gasteiger partial charge in [0.25, 0.3) is 0 Å². The molecule has 2 heterocycles. The maximum absolute atomic E-state index is 13.1. The molecule has 1 fully saturated rings. The molecular weight excluding hydrogens is 458 g/mol. The molecule has 5 nitrogen and oxygen atoms in total. The molecule has 0 radical (unpaired) electrons. The predicted molar refractivity (Wildman–Crippen MR) is 139 cm³/mol. The van der Waals surface area contributed by atoms with Crippen LogP contribution in [0.3, 0.4) is 0 Å². The van der Waals surface area contributed by atoms with Crippen molar-refractivity contribution >= 4 is 23.3 Å². The van der Waals surface area contributed by atoms with Gasteiger partial charge in [0, 0.05) is 43.5 Å². The highest BCUT2D eigenvalue weighted by Crippen LogP contribution is 2.33. The summed E-state index contributed by atoms with van der Waals surface area (Å²) in [5, 5.41) is 2.01. The maximum Gasteiger partial charge on any atom is 0.246 e. The van der Waals surface area contributed by atoms with Crippen LogP contribution in [0.5, 0.6) is 11.5 Å². The van der Waals surface area contributed by atoms with Crippen LogP contribution in [0.15, 0.2) is 66.1 Å². The standard InChI is InChI=1S/C29H31NO4S/c1-32-28-16-21(10-12-27(28)34-25-17-22-6-2-3-7-23(22)18-25)19-30(20-24-8-4-14-33-24)29(31)13-11-26-9-5-15-35-26/h2-3,5-7,9-13,15-16,24-25H,4,8,14,17-20H2,1H3/b13-11+/t24-/m1/s1. The van der Waals surface area contributed by atoms with Gasteiger partial charge < -0.3 is 19.1 Å². The molecule has 1 aromatic heterocycles. The van der Waals surface area contributed by atoms with Gasteiger partial charge in [-0.05, 0) is 59.2 Å². The molecule has 1 amide bonds. The number of hydrogen-bond acceptors (Lipinski definition) is 5. The van der Waals surface area contributed by atoms with Crippen molar-refractivity contribution in [2.24, 2.45) is 0 Å². The summed E-state index contributed by atoms with van der Waals surface area (Å²) in [5.41, 5.74) is 3.71. The first kappa shape index (κ1) is 23.6. The van der Waals surface area contributed by atoms with Gasteiger partial charge in [0.2, 0.25) is 5.91 Å². The lowest BCUT2D eigenvalue weighted by Gasteiger charge is -2.25. The van der Waals surface area contributed by atoms with Crippen molar-refractivity contribution in [3.8, 4) is 11.5 Å². The molecule has 5 rings (SSSR count). The van der Waals surface area contributed by atoms with Crippen LogP contribution in [-0.4, -0.2) is 43.3 Å². The molecular formula is C29H31NO4S. The molecule has 2 aromatic carbocycles. The van der Waals surface area contributed by atoms with Crippen molar-refractivity contribution in [2.45, 2.75) is 44.4 Å². The van der Waals surface area contributed by atoms with Crippen LogP contribution in [0, 0.1) is 0 Å². The molecule has 6 heteroatoms. The van der Waals surface area contributed by atoms with E-state index in [4.69, 9.17) is 14.2 Å². The Bertz CT molecular complexity index is 1140. The lowest BCUT2D eigenvalue weighted by molar-refractivity contribution is -0.128. The zero-order valence-electron chi connectivity index (χ0n) is 20.0. The summed E-state index contributed by atoms with van der Waals surface area (Å²) in [6.07, 6.45) is 7.57. The van der Waals surface area contributed by atoms with Gasteiger partial charge in [-0.2, -0.15) is 0 Å². The van der Waals surface area contributed by atoms with Crippen LogP contribution in [0.25, 0.3) is 6.08 Å². The van der Waals surface area contributed by atoms with E-state index in [1.54, 1.807) is 24.5 Å². The smallest absolute Gasteiger partial charge is 0.246 e. The Kier molecular flexibility index (Phi) is 7.50. The van der Waals surface area contributed by atoms with Crippen LogP contribution in [0.4, 0.5) is 0 Å². The van der Waals surface area contributed by atoms with Crippen LogP contribution in [0.2, 0.25) is 0 Å². The van der Waals surface area contributed by atoms with Crippen molar-refractivity contribution in [3.05, 3.63) is 87.6 Å². The number of fused-ring (bicyclic) bond motifs is 1. The third-order valence-electron chi connectivity index (χ3n) is 6.60. The van der Waals surface area contributed by atoms with Gasteiger partial charge in [0.05, 0.1) is 13.2 Å². The van der Waals surface area contributed by atoms with Crippen LogP contribution in [0.1, 0.15) is 34.4 Å². The Hall–Kier alpha value is -3.09. The molecule has 3 aromatic rings. The van der Waals surface area contributed by atoms with E-state index in [0.717, 1.165) is 48.5 Å². The van der Waals surface area contributed by atoms with E-state index >= 15 is 0 Å². The van der Waals surface area contributed by atoms with Crippen LogP contribution >= 0.6 is 11.3 Å². The quantitative estimate of drug-likeness (QED) is 0.371. The van der Waals surface area contributed by atoms with Crippen molar-refractivity contribution < 1.29 is 19.0 Å². The van der Waals surface area contributed by atoms with Crippen molar-refractivity contribution in [2.75, 3.05) is 20.3 Å². The second-order valence-electron chi connectivity index (χ2n) is 9.10. The van der Waals surface area contributed by atoms with Gasteiger partial charge in [-0.25, -0.2) is 0 Å². The van der Waals surface area contributed by atoms with Crippen molar-refractivity contribution in [3.63, 3.8) is 0 Å². The predicted octanol–water partition coefficient (Wildman–Crippen LogP) is 5.52. The molecule has 1 atom stereocenters. The fourth-order valence-electron chi connectivity index (χ4n) is 4.82. The zero-order valence-corrected chi connectivity index (χ0v) is 20.8. The van der Waals surface area contributed by atoms with Crippen molar-refractivity contribution in [1.82, 2.24) is 4.90 Å². The highest BCUT2D eigenvalue weighted by Gasteiger charge is 2.25. The van der Waals surface area contributed by atoms with E-state index < -0.39 is 0 Å². The number of nitrogens with zero attached hydrogens (tertiary/aromatic N) is 1. The Balaban J connectivity index is 1.28. The number of methoxy groups -OCH3 is 1. The third-order valence-corrected chi connectivity index (χ3v) is 7.44. The number of carbonyl (C=O) groups is 1. The van der Waals surface area contributed by atoms with E-state index in [9.17, 15) is 4.79 Å². The number of rotatable bonds is 9. The summed E-state index contributed by atoms with van der Waals surface area (Å²) in [6, 6.07) is 18.5. The van der Waals surface area contributed by atoms with E-state index in [0.29, 0.717) is 18.8 Å². The van der Waals surface area contributed by atoms with Gasteiger partial charge >= 0.3 is 0 Å². The molecule has 182 valence electrons. The molecule has 0 unspecified atom stereocenters. The third kappa shape index (κ3) is 5.95. The largest absolute Gasteiger partial charge is 0.493 e. The van der Waals surface area contributed by atoms with E-state index in [1.807, 2.05) is 46.7 Å². The highest BCUT2D eigenvalue weighted by molar-refractivity contribution is 7.10. The summed E-state index contributed by atoms with van der Waals surface area (Å²) in [7, 11) is 1.66. The fourth-order valence-corrected chi connectivity index (χ4v) is 5.44. The summed E-state index contributed by atoms with van der Waals surface area (Å²) in [4.78, 5) is 16.0. The van der Waals surface area contributed by atoms with E-state index in [-0.39, 0.29) is 18.1 Å². The minimum atomic E-state index is -0.0167. The monoisotopic (exact) mass is 489 g/mol. The number of hydrogen-bond donors (Lipinski definition) is 0. The first-order chi connectivity index (χ1) is 17.2. The van der Waals surface area contributed by atoms with Gasteiger partial charge in [0.15, 0.2) is 11.5 Å². The molecule has 0 bridgehead atoms. The summed E-state index contributed by atoms with van der Waals surface area (Å²) in [5.74, 6) is 1.41.